The molecule has 1 aromatic heterocycles. The summed E-state index contributed by atoms with van der Waals surface area (Å²) in [5.41, 5.74) is 3.04. The molecule has 1 saturated heterocycles. The summed E-state index contributed by atoms with van der Waals surface area (Å²) in [6, 6.07) is 15.5. The largest absolute Gasteiger partial charge is 0.497 e. The van der Waals surface area contributed by atoms with Crippen LogP contribution in [0.3, 0.4) is 0 Å². The van der Waals surface area contributed by atoms with Crippen LogP contribution in [0.15, 0.2) is 53.3 Å². The van der Waals surface area contributed by atoms with Crippen molar-refractivity contribution in [2.45, 2.75) is 6.42 Å². The third kappa shape index (κ3) is 4.72. The number of nitrogens with zero attached hydrogens (tertiary/aromatic N) is 3. The zero-order valence-corrected chi connectivity index (χ0v) is 16.2. The van der Waals surface area contributed by atoms with Gasteiger partial charge in [-0.15, -0.1) is 10.2 Å². The summed E-state index contributed by atoms with van der Waals surface area (Å²) < 4.78 is 10.5. The van der Waals surface area contributed by atoms with Crippen molar-refractivity contribution >= 4 is 17.3 Å². The molecule has 2 N–H and O–H groups in total. The van der Waals surface area contributed by atoms with Crippen LogP contribution in [-0.4, -0.2) is 48.6 Å². The maximum atomic E-state index is 12.4. The van der Waals surface area contributed by atoms with Crippen molar-refractivity contribution in [2.75, 3.05) is 43.6 Å². The van der Waals surface area contributed by atoms with E-state index in [0.717, 1.165) is 49.0 Å². The fourth-order valence-corrected chi connectivity index (χ4v) is 3.18. The summed E-state index contributed by atoms with van der Waals surface area (Å²) in [5, 5.41) is 11.3. The molecule has 0 saturated carbocycles. The molecular formula is C21H23N5O3. The van der Waals surface area contributed by atoms with Crippen LogP contribution >= 0.6 is 0 Å². The standard InChI is InChI=1S/C21H23N5O3/c1-28-18-8-2-15(3-9-18)14-19-20(27)23-21(25-24-19)22-16-4-6-17(7-5-16)26-10-12-29-13-11-26/h2-9H,10-14H2,1H3,(H2,22,23,25,27). The van der Waals surface area contributed by atoms with E-state index in [0.29, 0.717) is 18.1 Å². The maximum Gasteiger partial charge on any atom is 0.274 e. The molecular weight excluding hydrogens is 370 g/mol. The molecule has 8 heteroatoms. The Hall–Kier alpha value is -3.39. The lowest BCUT2D eigenvalue weighted by atomic mass is 10.1. The molecule has 0 radical (unpaired) electrons. The predicted molar refractivity (Wildman–Crippen MR) is 111 cm³/mol. The lowest BCUT2D eigenvalue weighted by molar-refractivity contribution is 0.122. The number of hydrogen-bond donors (Lipinski definition) is 2. The van der Waals surface area contributed by atoms with Gasteiger partial charge in [0.15, 0.2) is 0 Å². The first-order chi connectivity index (χ1) is 14.2. The smallest absolute Gasteiger partial charge is 0.274 e. The molecule has 1 aliphatic rings. The van der Waals surface area contributed by atoms with Gasteiger partial charge in [-0.05, 0) is 42.0 Å². The van der Waals surface area contributed by atoms with E-state index in [9.17, 15) is 4.79 Å². The van der Waals surface area contributed by atoms with Crippen LogP contribution in [0.2, 0.25) is 0 Å². The van der Waals surface area contributed by atoms with E-state index in [-0.39, 0.29) is 5.56 Å². The van der Waals surface area contributed by atoms with Crippen molar-refractivity contribution in [3.8, 4) is 5.75 Å². The number of aromatic amines is 1. The summed E-state index contributed by atoms with van der Waals surface area (Å²) >= 11 is 0. The first kappa shape index (κ1) is 18.9. The Bertz CT molecular complexity index is 996. The molecule has 29 heavy (non-hydrogen) atoms. The summed E-state index contributed by atoms with van der Waals surface area (Å²) in [7, 11) is 1.62. The molecule has 1 fully saturated rings. The van der Waals surface area contributed by atoms with Gasteiger partial charge in [0.1, 0.15) is 11.4 Å². The van der Waals surface area contributed by atoms with Crippen LogP contribution in [-0.2, 0) is 11.2 Å². The number of H-pyrrole nitrogens is 1. The average molecular weight is 393 g/mol. The molecule has 1 aliphatic heterocycles. The van der Waals surface area contributed by atoms with Gasteiger partial charge in [-0.1, -0.05) is 12.1 Å². The van der Waals surface area contributed by atoms with Crippen LogP contribution < -0.4 is 20.5 Å². The predicted octanol–water partition coefficient (Wildman–Crippen LogP) is 2.34. The number of nitrogens with one attached hydrogen (secondary N) is 2. The highest BCUT2D eigenvalue weighted by Crippen LogP contribution is 2.20. The van der Waals surface area contributed by atoms with Crippen molar-refractivity contribution in [1.82, 2.24) is 15.2 Å². The van der Waals surface area contributed by atoms with E-state index in [1.54, 1.807) is 7.11 Å². The number of ether oxygens (including phenoxy) is 2. The number of morpholine rings is 1. The average Bonchev–Trinajstić information content (AvgIpc) is 2.77. The van der Waals surface area contributed by atoms with Gasteiger partial charge < -0.3 is 19.7 Å². The number of anilines is 3. The molecule has 0 atom stereocenters. The molecule has 0 unspecified atom stereocenters. The van der Waals surface area contributed by atoms with Crippen molar-refractivity contribution in [3.05, 3.63) is 70.1 Å². The van der Waals surface area contributed by atoms with Gasteiger partial charge in [0.05, 0.1) is 20.3 Å². The summed E-state index contributed by atoms with van der Waals surface area (Å²) in [6.07, 6.45) is 0.404. The van der Waals surface area contributed by atoms with Gasteiger partial charge in [0.25, 0.3) is 5.56 Å². The van der Waals surface area contributed by atoms with E-state index in [1.165, 1.54) is 0 Å². The minimum atomic E-state index is -0.261. The third-order valence-corrected chi connectivity index (χ3v) is 4.80. The second-order valence-electron chi connectivity index (χ2n) is 6.75. The lowest BCUT2D eigenvalue weighted by Crippen LogP contribution is -2.36. The van der Waals surface area contributed by atoms with Crippen molar-refractivity contribution in [1.29, 1.82) is 0 Å². The van der Waals surface area contributed by atoms with Crippen molar-refractivity contribution in [3.63, 3.8) is 0 Å². The van der Waals surface area contributed by atoms with Crippen LogP contribution in [0.25, 0.3) is 0 Å². The fourth-order valence-electron chi connectivity index (χ4n) is 3.18. The minimum Gasteiger partial charge on any atom is -0.497 e. The Morgan fingerprint density at radius 3 is 2.45 bits per heavy atom. The highest BCUT2D eigenvalue weighted by molar-refractivity contribution is 5.59. The Morgan fingerprint density at radius 2 is 1.79 bits per heavy atom. The molecule has 0 spiro atoms. The Kier molecular flexibility index (Phi) is 5.71. The quantitative estimate of drug-likeness (QED) is 0.664. The Labute approximate surface area is 168 Å². The number of aromatic nitrogens is 3. The number of hydrogen-bond acceptors (Lipinski definition) is 7. The molecule has 0 amide bonds. The maximum absolute atomic E-state index is 12.4. The molecule has 2 aromatic carbocycles. The van der Waals surface area contributed by atoms with Gasteiger partial charge >= 0.3 is 0 Å². The van der Waals surface area contributed by atoms with Gasteiger partial charge in [-0.25, -0.2) is 0 Å². The highest BCUT2D eigenvalue weighted by Gasteiger charge is 2.11. The first-order valence-electron chi connectivity index (χ1n) is 9.50. The lowest BCUT2D eigenvalue weighted by Gasteiger charge is -2.28. The second-order valence-corrected chi connectivity index (χ2v) is 6.75. The van der Waals surface area contributed by atoms with Gasteiger partial charge in [-0.2, -0.15) is 0 Å². The topological polar surface area (TPSA) is 92.4 Å². The zero-order chi connectivity index (χ0) is 20.1. The van der Waals surface area contributed by atoms with E-state index >= 15 is 0 Å². The molecule has 2 heterocycles. The number of methoxy groups -OCH3 is 1. The number of rotatable bonds is 6. The van der Waals surface area contributed by atoms with Crippen molar-refractivity contribution in [2.24, 2.45) is 0 Å². The Balaban J connectivity index is 1.41. The molecule has 3 aromatic rings. The minimum absolute atomic E-state index is 0.261. The highest BCUT2D eigenvalue weighted by atomic mass is 16.5. The van der Waals surface area contributed by atoms with Crippen LogP contribution in [0.1, 0.15) is 11.3 Å². The van der Waals surface area contributed by atoms with Crippen LogP contribution in [0.4, 0.5) is 17.3 Å². The van der Waals surface area contributed by atoms with Gasteiger partial charge in [0.2, 0.25) is 5.95 Å². The molecule has 0 aliphatic carbocycles. The second kappa shape index (κ2) is 8.74. The van der Waals surface area contributed by atoms with E-state index in [1.807, 2.05) is 48.5 Å². The van der Waals surface area contributed by atoms with Gasteiger partial charge in [-0.3, -0.25) is 9.78 Å². The monoisotopic (exact) mass is 393 g/mol. The molecule has 8 nitrogen and oxygen atoms in total. The van der Waals surface area contributed by atoms with Crippen molar-refractivity contribution < 1.29 is 9.47 Å². The normalized spacial score (nSPS) is 13.9. The van der Waals surface area contributed by atoms with Gasteiger partial charge in [0, 0.05) is 30.9 Å². The number of benzene rings is 2. The molecule has 0 bridgehead atoms. The van der Waals surface area contributed by atoms with E-state index < -0.39 is 0 Å². The first-order valence-corrected chi connectivity index (χ1v) is 9.50. The van der Waals surface area contributed by atoms with Crippen LogP contribution in [0.5, 0.6) is 5.75 Å². The molecule has 150 valence electrons. The zero-order valence-electron chi connectivity index (χ0n) is 16.2. The van der Waals surface area contributed by atoms with E-state index in [2.05, 4.69) is 25.4 Å². The molecule has 4 rings (SSSR count). The summed E-state index contributed by atoms with van der Waals surface area (Å²) in [6.45, 7) is 3.28. The van der Waals surface area contributed by atoms with E-state index in [4.69, 9.17) is 9.47 Å². The third-order valence-electron chi connectivity index (χ3n) is 4.80. The Morgan fingerprint density at radius 1 is 1.07 bits per heavy atom. The summed E-state index contributed by atoms with van der Waals surface area (Å²) in [4.78, 5) is 17.4. The fraction of sp³-hybridized carbons (Fsp3) is 0.286. The van der Waals surface area contributed by atoms with Crippen LogP contribution in [0, 0.1) is 0 Å². The summed E-state index contributed by atoms with van der Waals surface area (Å²) in [5.74, 6) is 1.08. The SMILES string of the molecule is COc1ccc(Cc2nnc(Nc3ccc(N4CCOCC4)cc3)[nH]c2=O)cc1.